The number of benzene rings is 2. The highest BCUT2D eigenvalue weighted by Gasteiger charge is 2.14. The molecule has 0 saturated carbocycles. The van der Waals surface area contributed by atoms with Crippen LogP contribution in [0.1, 0.15) is 47.8 Å². The normalized spacial score (nSPS) is 11.0. The second kappa shape index (κ2) is 8.13. The van der Waals surface area contributed by atoms with Crippen LogP contribution < -0.4 is 10.9 Å². The zero-order valence-electron chi connectivity index (χ0n) is 15.0. The maximum atomic E-state index is 12.1. The minimum absolute atomic E-state index is 0.0134. The SMILES string of the molecule is CC(C)(C)c1ccc(C(=O)NNC(=O)/C=C/c2ccc(C#N)cc2)cc1. The van der Waals surface area contributed by atoms with Crippen molar-refractivity contribution >= 4 is 17.9 Å². The van der Waals surface area contributed by atoms with Crippen molar-refractivity contribution in [3.8, 4) is 6.07 Å². The molecule has 0 saturated heterocycles. The van der Waals surface area contributed by atoms with E-state index in [2.05, 4.69) is 31.6 Å². The number of amides is 2. The van der Waals surface area contributed by atoms with Crippen LogP contribution in [0.4, 0.5) is 0 Å². The highest BCUT2D eigenvalue weighted by Crippen LogP contribution is 2.22. The third kappa shape index (κ3) is 5.32. The lowest BCUT2D eigenvalue weighted by Gasteiger charge is -2.19. The molecule has 132 valence electrons. The van der Waals surface area contributed by atoms with E-state index >= 15 is 0 Å². The molecule has 0 spiro atoms. The maximum Gasteiger partial charge on any atom is 0.269 e. The summed E-state index contributed by atoms with van der Waals surface area (Å²) in [6.07, 6.45) is 2.91. The lowest BCUT2D eigenvalue weighted by Crippen LogP contribution is -2.40. The molecule has 5 heteroatoms. The van der Waals surface area contributed by atoms with Crippen molar-refractivity contribution in [1.82, 2.24) is 10.9 Å². The fourth-order valence-electron chi connectivity index (χ4n) is 2.19. The van der Waals surface area contributed by atoms with Gasteiger partial charge in [0, 0.05) is 11.6 Å². The Labute approximate surface area is 153 Å². The number of nitrogens with zero attached hydrogens (tertiary/aromatic N) is 1. The molecule has 0 aliphatic carbocycles. The quantitative estimate of drug-likeness (QED) is 0.660. The van der Waals surface area contributed by atoms with Gasteiger partial charge in [-0.05, 0) is 46.9 Å². The van der Waals surface area contributed by atoms with Gasteiger partial charge in [0.15, 0.2) is 0 Å². The molecule has 0 heterocycles. The molecule has 0 fully saturated rings. The van der Waals surface area contributed by atoms with Gasteiger partial charge >= 0.3 is 0 Å². The molecule has 26 heavy (non-hydrogen) atoms. The third-order valence-electron chi connectivity index (χ3n) is 3.78. The van der Waals surface area contributed by atoms with Gasteiger partial charge in [0.05, 0.1) is 11.6 Å². The molecule has 5 nitrogen and oxygen atoms in total. The molecule has 2 N–H and O–H groups in total. The Hall–Kier alpha value is -3.39. The Kier molecular flexibility index (Phi) is 5.92. The van der Waals surface area contributed by atoms with E-state index in [4.69, 9.17) is 5.26 Å². The van der Waals surface area contributed by atoms with Crippen LogP contribution in [0.25, 0.3) is 6.08 Å². The summed E-state index contributed by atoms with van der Waals surface area (Å²) in [5, 5.41) is 8.74. The average Bonchev–Trinajstić information content (AvgIpc) is 2.64. The van der Waals surface area contributed by atoms with Crippen molar-refractivity contribution in [2.75, 3.05) is 0 Å². The first-order valence-electron chi connectivity index (χ1n) is 8.19. The first kappa shape index (κ1) is 18.9. The van der Waals surface area contributed by atoms with E-state index in [-0.39, 0.29) is 11.3 Å². The van der Waals surface area contributed by atoms with Gasteiger partial charge < -0.3 is 0 Å². The molecule has 0 bridgehead atoms. The summed E-state index contributed by atoms with van der Waals surface area (Å²) < 4.78 is 0. The fourth-order valence-corrected chi connectivity index (χ4v) is 2.19. The molecule has 0 aliphatic heterocycles. The van der Waals surface area contributed by atoms with Crippen molar-refractivity contribution in [1.29, 1.82) is 5.26 Å². The molecule has 0 radical (unpaired) electrons. The average molecular weight is 347 g/mol. The van der Waals surface area contributed by atoms with Gasteiger partial charge in [-0.15, -0.1) is 0 Å². The van der Waals surface area contributed by atoms with Crippen LogP contribution >= 0.6 is 0 Å². The summed E-state index contributed by atoms with van der Waals surface area (Å²) >= 11 is 0. The second-order valence-electron chi connectivity index (χ2n) is 6.84. The number of hydrogen-bond acceptors (Lipinski definition) is 3. The van der Waals surface area contributed by atoms with Crippen LogP contribution in [0, 0.1) is 11.3 Å². The molecule has 0 unspecified atom stereocenters. The first-order chi connectivity index (χ1) is 12.3. The monoisotopic (exact) mass is 347 g/mol. The number of nitriles is 1. The van der Waals surface area contributed by atoms with Gasteiger partial charge in [0.1, 0.15) is 0 Å². The van der Waals surface area contributed by atoms with Gasteiger partial charge in [-0.25, -0.2) is 0 Å². The van der Waals surface area contributed by atoms with Gasteiger partial charge in [-0.1, -0.05) is 45.0 Å². The number of hydrazine groups is 1. The lowest BCUT2D eigenvalue weighted by atomic mass is 9.87. The predicted octanol–water partition coefficient (Wildman–Crippen LogP) is 3.33. The van der Waals surface area contributed by atoms with Crippen LogP contribution in [0.5, 0.6) is 0 Å². The van der Waals surface area contributed by atoms with Crippen LogP contribution in [-0.4, -0.2) is 11.8 Å². The number of carbonyl (C=O) groups is 2. The smallest absolute Gasteiger partial charge is 0.268 e. The fraction of sp³-hybridized carbons (Fsp3) is 0.190. The molecule has 0 aliphatic rings. The molecule has 2 aromatic rings. The van der Waals surface area contributed by atoms with E-state index in [0.29, 0.717) is 11.1 Å². The zero-order chi connectivity index (χ0) is 19.2. The van der Waals surface area contributed by atoms with Gasteiger partial charge in [0.25, 0.3) is 11.8 Å². The van der Waals surface area contributed by atoms with Crippen molar-refractivity contribution in [3.05, 3.63) is 76.9 Å². The predicted molar refractivity (Wildman–Crippen MR) is 101 cm³/mol. The summed E-state index contributed by atoms with van der Waals surface area (Å²) in [6.45, 7) is 6.30. The van der Waals surface area contributed by atoms with Crippen molar-refractivity contribution in [3.63, 3.8) is 0 Å². The second-order valence-corrected chi connectivity index (χ2v) is 6.84. The van der Waals surface area contributed by atoms with Gasteiger partial charge in [-0.2, -0.15) is 5.26 Å². The number of carbonyl (C=O) groups excluding carboxylic acids is 2. The molecule has 2 rings (SSSR count). The molecule has 0 atom stereocenters. The summed E-state index contributed by atoms with van der Waals surface area (Å²) in [4.78, 5) is 23.9. The zero-order valence-corrected chi connectivity index (χ0v) is 15.0. The summed E-state index contributed by atoms with van der Waals surface area (Å²) in [5.74, 6) is -0.834. The molecular formula is C21H21N3O2. The molecule has 0 aromatic heterocycles. The van der Waals surface area contributed by atoms with Crippen molar-refractivity contribution < 1.29 is 9.59 Å². The molecular weight excluding hydrogens is 326 g/mol. The van der Waals surface area contributed by atoms with Crippen LogP contribution in [-0.2, 0) is 10.2 Å². The van der Waals surface area contributed by atoms with Crippen LogP contribution in [0.15, 0.2) is 54.6 Å². The number of hydrogen-bond donors (Lipinski definition) is 2. The Morgan fingerprint density at radius 2 is 1.58 bits per heavy atom. The third-order valence-corrected chi connectivity index (χ3v) is 3.78. The highest BCUT2D eigenvalue weighted by molar-refractivity contribution is 5.97. The Morgan fingerprint density at radius 1 is 0.962 bits per heavy atom. The van der Waals surface area contributed by atoms with E-state index < -0.39 is 5.91 Å². The van der Waals surface area contributed by atoms with Gasteiger partial charge in [0.2, 0.25) is 0 Å². The van der Waals surface area contributed by atoms with E-state index in [9.17, 15) is 9.59 Å². The van der Waals surface area contributed by atoms with E-state index in [1.807, 2.05) is 18.2 Å². The Bertz CT molecular complexity index is 852. The van der Waals surface area contributed by atoms with E-state index in [1.54, 1.807) is 42.5 Å². The largest absolute Gasteiger partial charge is 0.269 e. The summed E-state index contributed by atoms with van der Waals surface area (Å²) in [6, 6.07) is 16.1. The Balaban J connectivity index is 1.89. The highest BCUT2D eigenvalue weighted by atomic mass is 16.2. The number of nitrogens with one attached hydrogen (secondary N) is 2. The summed E-state index contributed by atoms with van der Waals surface area (Å²) in [5.41, 5.74) is 7.66. The van der Waals surface area contributed by atoms with Crippen LogP contribution in [0.3, 0.4) is 0 Å². The van der Waals surface area contributed by atoms with Gasteiger partial charge in [-0.3, -0.25) is 20.4 Å². The van der Waals surface area contributed by atoms with Crippen LogP contribution in [0.2, 0.25) is 0 Å². The molecule has 2 amide bonds. The number of rotatable bonds is 3. The first-order valence-corrected chi connectivity index (χ1v) is 8.19. The summed E-state index contributed by atoms with van der Waals surface area (Å²) in [7, 11) is 0. The van der Waals surface area contributed by atoms with E-state index in [0.717, 1.165) is 11.1 Å². The maximum absolute atomic E-state index is 12.1. The standard InChI is InChI=1S/C21H21N3O2/c1-21(2,3)18-11-9-17(10-12-18)20(26)24-23-19(25)13-8-15-4-6-16(14-22)7-5-15/h4-13H,1-3H3,(H,23,25)(H,24,26)/b13-8+. The van der Waals surface area contributed by atoms with Crippen molar-refractivity contribution in [2.45, 2.75) is 26.2 Å². The minimum atomic E-state index is -0.450. The van der Waals surface area contributed by atoms with E-state index in [1.165, 1.54) is 6.08 Å². The Morgan fingerprint density at radius 3 is 2.12 bits per heavy atom. The van der Waals surface area contributed by atoms with Crippen molar-refractivity contribution in [2.24, 2.45) is 0 Å². The molecule has 2 aromatic carbocycles. The minimum Gasteiger partial charge on any atom is -0.268 e. The lowest BCUT2D eigenvalue weighted by molar-refractivity contribution is -0.117. The topological polar surface area (TPSA) is 82.0 Å².